The molecule has 9 heteroatoms. The minimum absolute atomic E-state index is 0.246. The zero-order valence-electron chi connectivity index (χ0n) is 18.3. The fourth-order valence-electron chi connectivity index (χ4n) is 2.59. The van der Waals surface area contributed by atoms with Gasteiger partial charge in [-0.25, -0.2) is 9.97 Å². The van der Waals surface area contributed by atoms with Gasteiger partial charge in [-0.05, 0) is 22.8 Å². The van der Waals surface area contributed by atoms with Gasteiger partial charge in [-0.2, -0.15) is 0 Å². The quantitative estimate of drug-likeness (QED) is 0.124. The number of benzene rings is 2. The van der Waals surface area contributed by atoms with Crippen LogP contribution in [0.15, 0.2) is 83.4 Å². The summed E-state index contributed by atoms with van der Waals surface area (Å²) in [7, 11) is 3.01. The van der Waals surface area contributed by atoms with E-state index < -0.39 is 0 Å². The van der Waals surface area contributed by atoms with Crippen LogP contribution in [-0.2, 0) is 16.2 Å². The maximum Gasteiger partial charge on any atom is 0.273 e. The molecule has 1 heterocycles. The van der Waals surface area contributed by atoms with Gasteiger partial charge in [0, 0.05) is 17.9 Å². The lowest BCUT2D eigenvalue weighted by Gasteiger charge is -2.08. The van der Waals surface area contributed by atoms with E-state index >= 15 is 0 Å². The van der Waals surface area contributed by atoms with E-state index in [2.05, 4.69) is 20.4 Å². The number of aromatic nitrogens is 2. The predicted molar refractivity (Wildman–Crippen MR) is 133 cm³/mol. The summed E-state index contributed by atoms with van der Waals surface area (Å²) in [6.07, 6.45) is 4.28. The molecule has 1 aromatic heterocycles. The first-order chi connectivity index (χ1) is 16.3. The highest BCUT2D eigenvalue weighted by atomic mass is 33.1. The second-order valence-corrected chi connectivity index (χ2v) is 9.16. The van der Waals surface area contributed by atoms with Crippen molar-refractivity contribution in [1.82, 2.24) is 15.3 Å². The molecule has 0 aliphatic heterocycles. The van der Waals surface area contributed by atoms with E-state index in [0.29, 0.717) is 42.0 Å². The maximum atomic E-state index is 12.8. The van der Waals surface area contributed by atoms with E-state index in [0.717, 1.165) is 12.0 Å². The van der Waals surface area contributed by atoms with Crippen LogP contribution in [0.1, 0.15) is 24.5 Å². The first kappa shape index (κ1) is 24.6. The number of nitrogens with one attached hydrogen (secondary N) is 1. The summed E-state index contributed by atoms with van der Waals surface area (Å²) in [6.45, 7) is 3.46. The molecule has 0 aliphatic rings. The lowest BCUT2D eigenvalue weighted by Crippen LogP contribution is -2.33. The first-order valence-corrected chi connectivity index (χ1v) is 12.9. The van der Waals surface area contributed by atoms with Gasteiger partial charge >= 0.3 is 0 Å². The number of nitrogens with zero attached hydrogens (tertiary/aromatic N) is 3. The fourth-order valence-corrected chi connectivity index (χ4v) is 4.23. The maximum absolute atomic E-state index is 12.8. The first-order valence-electron chi connectivity index (χ1n) is 10.6. The Morgan fingerprint density at radius 1 is 1.03 bits per heavy atom. The zero-order chi connectivity index (χ0) is 23.1. The van der Waals surface area contributed by atoms with Crippen LogP contribution in [0.4, 0.5) is 0 Å². The molecule has 0 aliphatic carbocycles. The van der Waals surface area contributed by atoms with Crippen molar-refractivity contribution >= 4 is 33.2 Å². The van der Waals surface area contributed by atoms with E-state index in [1.54, 1.807) is 23.2 Å². The summed E-state index contributed by atoms with van der Waals surface area (Å²) >= 11 is 0. The van der Waals surface area contributed by atoms with Crippen LogP contribution in [-0.4, -0.2) is 40.5 Å². The molecule has 0 unspecified atom stereocenters. The van der Waals surface area contributed by atoms with Gasteiger partial charge in [0.05, 0.1) is 19.0 Å². The van der Waals surface area contributed by atoms with Gasteiger partial charge in [-0.15, -0.1) is 0 Å². The van der Waals surface area contributed by atoms with Crippen LogP contribution in [0.3, 0.4) is 0 Å². The molecule has 7 nitrogen and oxygen atoms in total. The topological polar surface area (TPSA) is 85.7 Å². The summed E-state index contributed by atoms with van der Waals surface area (Å²) in [6, 6.07) is 19.0. The Balaban J connectivity index is 1.46. The average Bonchev–Trinajstić information content (AvgIpc) is 2.87. The average molecular weight is 483 g/mol. The lowest BCUT2D eigenvalue weighted by atomic mass is 10.1. The van der Waals surface area contributed by atoms with Crippen LogP contribution in [0.5, 0.6) is 5.75 Å². The number of carbonyl (C=O) groups excluding carboxylic acids is 1. The normalized spacial score (nSPS) is 11.1. The molecule has 0 fully saturated rings. The SMILES string of the molecule is CCCOc1cnc(SSCCNC(=O)/C(=N/OCc2ccccc2)c2ccccc2)nc1. The van der Waals surface area contributed by atoms with Crippen molar-refractivity contribution < 1.29 is 14.4 Å². The Labute approximate surface area is 201 Å². The molecule has 0 atom stereocenters. The number of carbonyl (C=O) groups is 1. The summed E-state index contributed by atoms with van der Waals surface area (Å²) in [4.78, 5) is 26.8. The predicted octanol–water partition coefficient (Wildman–Crippen LogP) is 4.74. The van der Waals surface area contributed by atoms with Crippen LogP contribution < -0.4 is 10.1 Å². The van der Waals surface area contributed by atoms with Gasteiger partial charge < -0.3 is 14.9 Å². The van der Waals surface area contributed by atoms with Crippen molar-refractivity contribution in [2.75, 3.05) is 18.9 Å². The van der Waals surface area contributed by atoms with Crippen LogP contribution in [0.2, 0.25) is 0 Å². The molecule has 172 valence electrons. The standard InChI is InChI=1S/C24H26N4O3S2/c1-2-14-30-21-16-26-24(27-17-21)33-32-15-13-25-23(29)22(20-11-7-4-8-12-20)28-31-18-19-9-5-3-6-10-19/h3-12,16-17H,2,13-15,18H2,1H3,(H,25,29)/b28-22+. The van der Waals surface area contributed by atoms with Crippen molar-refractivity contribution in [3.63, 3.8) is 0 Å². The van der Waals surface area contributed by atoms with Gasteiger partial charge in [0.25, 0.3) is 5.91 Å². The van der Waals surface area contributed by atoms with Gasteiger partial charge in [0.1, 0.15) is 6.61 Å². The molecule has 3 rings (SSSR count). The second kappa shape index (κ2) is 14.2. The Morgan fingerprint density at radius 3 is 2.42 bits per heavy atom. The smallest absolute Gasteiger partial charge is 0.273 e. The van der Waals surface area contributed by atoms with Gasteiger partial charge in [-0.1, -0.05) is 83.5 Å². The number of hydrogen-bond acceptors (Lipinski definition) is 8. The Hall–Kier alpha value is -3.04. The van der Waals surface area contributed by atoms with E-state index in [1.165, 1.54) is 10.8 Å². The van der Waals surface area contributed by atoms with Crippen molar-refractivity contribution in [2.45, 2.75) is 25.1 Å². The minimum Gasteiger partial charge on any atom is -0.490 e. The van der Waals surface area contributed by atoms with Gasteiger partial charge in [0.15, 0.2) is 16.6 Å². The minimum atomic E-state index is -0.284. The summed E-state index contributed by atoms with van der Waals surface area (Å²) < 4.78 is 5.48. The third-order valence-electron chi connectivity index (χ3n) is 4.17. The molecule has 0 bridgehead atoms. The highest BCUT2D eigenvalue weighted by molar-refractivity contribution is 8.76. The Bertz CT molecular complexity index is 1000. The number of oxime groups is 1. The Morgan fingerprint density at radius 2 is 1.73 bits per heavy atom. The molecule has 0 saturated carbocycles. The summed E-state index contributed by atoms with van der Waals surface area (Å²) in [5.41, 5.74) is 1.92. The largest absolute Gasteiger partial charge is 0.490 e. The molecular weight excluding hydrogens is 456 g/mol. The fraction of sp³-hybridized carbons (Fsp3) is 0.250. The second-order valence-electron chi connectivity index (χ2n) is 6.78. The van der Waals surface area contributed by atoms with Crippen molar-refractivity contribution in [2.24, 2.45) is 5.16 Å². The van der Waals surface area contributed by atoms with E-state index in [-0.39, 0.29) is 11.6 Å². The molecule has 1 N–H and O–H groups in total. The summed E-state index contributed by atoms with van der Waals surface area (Å²) in [5, 5.41) is 7.68. The molecule has 0 saturated heterocycles. The molecule has 2 aromatic carbocycles. The molecule has 0 radical (unpaired) electrons. The Kier molecular flexibility index (Phi) is 10.6. The molecule has 33 heavy (non-hydrogen) atoms. The number of amides is 1. The summed E-state index contributed by atoms with van der Waals surface area (Å²) in [5.74, 6) is 1.06. The lowest BCUT2D eigenvalue weighted by molar-refractivity contribution is -0.114. The highest BCUT2D eigenvalue weighted by Crippen LogP contribution is 2.27. The van der Waals surface area contributed by atoms with Crippen LogP contribution in [0.25, 0.3) is 0 Å². The van der Waals surface area contributed by atoms with Crippen LogP contribution >= 0.6 is 21.6 Å². The van der Waals surface area contributed by atoms with Crippen molar-refractivity contribution in [1.29, 1.82) is 0 Å². The van der Waals surface area contributed by atoms with Crippen LogP contribution in [0, 0.1) is 0 Å². The number of ether oxygens (including phenoxy) is 1. The third kappa shape index (κ3) is 8.78. The highest BCUT2D eigenvalue weighted by Gasteiger charge is 2.14. The van der Waals surface area contributed by atoms with E-state index in [9.17, 15) is 4.79 Å². The van der Waals surface area contributed by atoms with Crippen molar-refractivity contribution in [3.8, 4) is 5.75 Å². The number of rotatable bonds is 13. The van der Waals surface area contributed by atoms with Crippen molar-refractivity contribution in [3.05, 3.63) is 84.2 Å². The third-order valence-corrected chi connectivity index (χ3v) is 6.32. The molecular formula is C24H26N4O3S2. The van der Waals surface area contributed by atoms with E-state index in [1.807, 2.05) is 67.6 Å². The van der Waals surface area contributed by atoms with Gasteiger partial charge in [0.2, 0.25) is 0 Å². The van der Waals surface area contributed by atoms with E-state index in [4.69, 9.17) is 9.57 Å². The number of hydrogen-bond donors (Lipinski definition) is 1. The molecule has 3 aromatic rings. The molecule has 1 amide bonds. The zero-order valence-corrected chi connectivity index (χ0v) is 20.0. The van der Waals surface area contributed by atoms with Gasteiger partial charge in [-0.3, -0.25) is 4.79 Å². The molecule has 0 spiro atoms. The monoisotopic (exact) mass is 482 g/mol.